The zero-order valence-corrected chi connectivity index (χ0v) is 10.9. The number of nitro benzene ring substituents is 1. The summed E-state index contributed by atoms with van der Waals surface area (Å²) >= 11 is 0. The summed E-state index contributed by atoms with van der Waals surface area (Å²) in [6.07, 6.45) is -3.97. The maximum absolute atomic E-state index is 12.1. The molecule has 8 heteroatoms. The lowest BCUT2D eigenvalue weighted by atomic mass is 10.2. The van der Waals surface area contributed by atoms with Gasteiger partial charge in [-0.3, -0.25) is 10.1 Å². The summed E-state index contributed by atoms with van der Waals surface area (Å²) in [5, 5.41) is 22.4. The van der Waals surface area contributed by atoms with Crippen LogP contribution in [-0.2, 0) is 0 Å². The average molecular weight is 290 g/mol. The van der Waals surface area contributed by atoms with Crippen molar-refractivity contribution in [1.29, 1.82) is 0 Å². The summed E-state index contributed by atoms with van der Waals surface area (Å²) in [6.45, 7) is 1.81. The van der Waals surface area contributed by atoms with Crippen LogP contribution in [0, 0.1) is 10.1 Å². The van der Waals surface area contributed by atoms with Crippen molar-refractivity contribution in [1.82, 2.24) is 0 Å². The molecule has 0 spiro atoms. The third kappa shape index (κ3) is 4.61. The molecule has 112 valence electrons. The molecule has 0 radical (unpaired) electrons. The molecule has 0 aliphatic rings. The molecule has 0 fully saturated rings. The third-order valence-electron chi connectivity index (χ3n) is 2.42. The largest absolute Gasteiger partial charge is 0.487 e. The molecule has 1 aromatic carbocycles. The molecule has 20 heavy (non-hydrogen) atoms. The van der Waals surface area contributed by atoms with E-state index in [-0.39, 0.29) is 18.0 Å². The fourth-order valence-corrected chi connectivity index (χ4v) is 1.41. The molecule has 0 bridgehead atoms. The Kier molecular flexibility index (Phi) is 6.10. The van der Waals surface area contributed by atoms with Gasteiger partial charge in [0.1, 0.15) is 6.10 Å². The summed E-state index contributed by atoms with van der Waals surface area (Å²) < 4.78 is 29.5. The number of alkyl halides is 2. The number of hydrogen-bond acceptors (Lipinski definition) is 5. The minimum absolute atomic E-state index is 0.0633. The van der Waals surface area contributed by atoms with Crippen LogP contribution < -0.4 is 10.1 Å². The molecule has 2 N–H and O–H groups in total. The van der Waals surface area contributed by atoms with E-state index in [2.05, 4.69) is 5.32 Å². The van der Waals surface area contributed by atoms with E-state index < -0.39 is 17.5 Å². The van der Waals surface area contributed by atoms with Crippen molar-refractivity contribution < 1.29 is 23.5 Å². The highest BCUT2D eigenvalue weighted by Gasteiger charge is 2.18. The van der Waals surface area contributed by atoms with E-state index >= 15 is 0 Å². The van der Waals surface area contributed by atoms with Gasteiger partial charge in [-0.1, -0.05) is 6.92 Å². The highest BCUT2D eigenvalue weighted by Crippen LogP contribution is 2.30. The van der Waals surface area contributed by atoms with Crippen molar-refractivity contribution >= 4 is 11.4 Å². The molecule has 1 aromatic rings. The molecule has 1 unspecified atom stereocenters. The van der Waals surface area contributed by atoms with Crippen LogP contribution in [0.15, 0.2) is 18.2 Å². The van der Waals surface area contributed by atoms with Crippen molar-refractivity contribution in [2.24, 2.45) is 0 Å². The highest BCUT2D eigenvalue weighted by molar-refractivity contribution is 5.58. The molecule has 1 atom stereocenters. The quantitative estimate of drug-likeness (QED) is 0.567. The van der Waals surface area contributed by atoms with E-state index in [9.17, 15) is 18.9 Å². The van der Waals surface area contributed by atoms with E-state index in [0.717, 1.165) is 0 Å². The Balaban J connectivity index is 2.80. The van der Waals surface area contributed by atoms with Crippen molar-refractivity contribution in [2.75, 3.05) is 18.5 Å². The summed E-state index contributed by atoms with van der Waals surface area (Å²) in [7, 11) is 0. The van der Waals surface area contributed by atoms with Gasteiger partial charge in [0.25, 0.3) is 6.43 Å². The maximum atomic E-state index is 12.1. The second-order valence-electron chi connectivity index (χ2n) is 4.07. The summed E-state index contributed by atoms with van der Waals surface area (Å²) in [5.74, 6) is 0.0633. The predicted octanol–water partition coefficient (Wildman–Crippen LogP) is 2.42. The van der Waals surface area contributed by atoms with Gasteiger partial charge < -0.3 is 15.2 Å². The molecule has 0 aliphatic carbocycles. The van der Waals surface area contributed by atoms with Crippen LogP contribution in [0.4, 0.5) is 20.2 Å². The summed E-state index contributed by atoms with van der Waals surface area (Å²) in [6, 6.07) is 3.95. The van der Waals surface area contributed by atoms with Crippen molar-refractivity contribution in [3.63, 3.8) is 0 Å². The normalized spacial score (nSPS) is 12.2. The Morgan fingerprint density at radius 1 is 1.50 bits per heavy atom. The first-order valence-electron chi connectivity index (χ1n) is 6.07. The number of benzene rings is 1. The molecule has 0 amide bonds. The highest BCUT2D eigenvalue weighted by atomic mass is 19.3. The van der Waals surface area contributed by atoms with Gasteiger partial charge in [0.2, 0.25) is 0 Å². The number of nitrogens with zero attached hydrogens (tertiary/aromatic N) is 1. The Morgan fingerprint density at radius 3 is 2.75 bits per heavy atom. The van der Waals surface area contributed by atoms with Crippen LogP contribution in [0.5, 0.6) is 5.75 Å². The van der Waals surface area contributed by atoms with E-state index in [1.165, 1.54) is 18.2 Å². The van der Waals surface area contributed by atoms with Crippen LogP contribution >= 0.6 is 0 Å². The topological polar surface area (TPSA) is 84.6 Å². The Labute approximate surface area is 114 Å². The average Bonchev–Trinajstić information content (AvgIpc) is 2.42. The predicted molar refractivity (Wildman–Crippen MR) is 69.4 cm³/mol. The van der Waals surface area contributed by atoms with Gasteiger partial charge in [0.15, 0.2) is 5.75 Å². The Bertz CT molecular complexity index is 457. The summed E-state index contributed by atoms with van der Waals surface area (Å²) in [5.41, 5.74) is 0.166. The van der Waals surface area contributed by atoms with Gasteiger partial charge in [-0.15, -0.1) is 0 Å². The number of anilines is 1. The molecular formula is C12H16F2N2O4. The number of ether oxygens (including phenoxy) is 1. The van der Waals surface area contributed by atoms with Crippen molar-refractivity contribution in [3.05, 3.63) is 28.3 Å². The van der Waals surface area contributed by atoms with Gasteiger partial charge in [-0.2, -0.15) is 0 Å². The number of nitro groups is 1. The van der Waals surface area contributed by atoms with Crippen LogP contribution in [0.25, 0.3) is 0 Å². The molecule has 0 saturated heterocycles. The monoisotopic (exact) mass is 290 g/mol. The van der Waals surface area contributed by atoms with Gasteiger partial charge in [0, 0.05) is 24.4 Å². The van der Waals surface area contributed by atoms with Crippen LogP contribution in [0.3, 0.4) is 0 Å². The minimum atomic E-state index is -2.85. The van der Waals surface area contributed by atoms with Crippen molar-refractivity contribution in [3.8, 4) is 5.75 Å². The number of halogens is 2. The van der Waals surface area contributed by atoms with E-state index in [4.69, 9.17) is 9.84 Å². The fourth-order valence-electron chi connectivity index (χ4n) is 1.41. The van der Waals surface area contributed by atoms with Crippen molar-refractivity contribution in [2.45, 2.75) is 25.9 Å². The smallest absolute Gasteiger partial charge is 0.311 e. The second kappa shape index (κ2) is 7.59. The maximum Gasteiger partial charge on any atom is 0.311 e. The standard InChI is InChI=1S/C12H16F2N2O4/c1-2-5-20-11-6-8(3-4-9(11)16(18)19)15-7-10(17)12(13)14/h3-4,6,10,12,15,17H,2,5,7H2,1H3. The van der Waals surface area contributed by atoms with E-state index in [1.54, 1.807) is 0 Å². The first kappa shape index (κ1) is 16.1. The first-order chi connectivity index (χ1) is 9.45. The number of aliphatic hydroxyl groups is 1. The zero-order chi connectivity index (χ0) is 15.1. The molecule has 1 rings (SSSR count). The number of hydrogen-bond donors (Lipinski definition) is 2. The molecule has 6 nitrogen and oxygen atoms in total. The Hall–Kier alpha value is -1.96. The molecule has 0 aromatic heterocycles. The number of rotatable bonds is 8. The molecule has 0 heterocycles. The fraction of sp³-hybridized carbons (Fsp3) is 0.500. The van der Waals surface area contributed by atoms with E-state index in [1.807, 2.05) is 6.92 Å². The molecule has 0 saturated carbocycles. The van der Waals surface area contributed by atoms with Crippen LogP contribution in [-0.4, -0.2) is 35.7 Å². The number of nitrogens with one attached hydrogen (secondary N) is 1. The first-order valence-corrected chi connectivity index (χ1v) is 6.07. The summed E-state index contributed by atoms with van der Waals surface area (Å²) in [4.78, 5) is 10.2. The number of aliphatic hydroxyl groups excluding tert-OH is 1. The molecular weight excluding hydrogens is 274 g/mol. The van der Waals surface area contributed by atoms with E-state index in [0.29, 0.717) is 18.7 Å². The third-order valence-corrected chi connectivity index (χ3v) is 2.42. The SMILES string of the molecule is CCCOc1cc(NCC(O)C(F)F)ccc1[N+](=O)[O-]. The van der Waals surface area contributed by atoms with Gasteiger partial charge >= 0.3 is 5.69 Å². The van der Waals surface area contributed by atoms with Crippen LogP contribution in [0.2, 0.25) is 0 Å². The van der Waals surface area contributed by atoms with Gasteiger partial charge in [-0.25, -0.2) is 8.78 Å². The lowest BCUT2D eigenvalue weighted by Gasteiger charge is -2.13. The lowest BCUT2D eigenvalue weighted by molar-refractivity contribution is -0.385. The lowest BCUT2D eigenvalue weighted by Crippen LogP contribution is -2.26. The second-order valence-corrected chi connectivity index (χ2v) is 4.07. The zero-order valence-electron chi connectivity index (χ0n) is 10.9. The van der Waals surface area contributed by atoms with Crippen LogP contribution in [0.1, 0.15) is 13.3 Å². The van der Waals surface area contributed by atoms with Gasteiger partial charge in [-0.05, 0) is 12.5 Å². The minimum Gasteiger partial charge on any atom is -0.487 e. The Morgan fingerprint density at radius 2 is 2.20 bits per heavy atom. The van der Waals surface area contributed by atoms with Gasteiger partial charge in [0.05, 0.1) is 11.5 Å². The molecule has 0 aliphatic heterocycles.